The summed E-state index contributed by atoms with van der Waals surface area (Å²) >= 11 is 5.96. The Bertz CT molecular complexity index is 1310. The molecule has 1 amide bonds. The summed E-state index contributed by atoms with van der Waals surface area (Å²) in [6.45, 7) is 1.41. The predicted octanol–water partition coefficient (Wildman–Crippen LogP) is 3.86. The van der Waals surface area contributed by atoms with Crippen molar-refractivity contribution in [3.8, 4) is 28.2 Å². The smallest absolute Gasteiger partial charge is 0.221 e. The number of aromatic nitrogens is 5. The number of hydrogen-bond donors (Lipinski definition) is 2. The second kappa shape index (κ2) is 8.07. The molecular weight excluding hydrogens is 428 g/mol. The molecule has 0 fully saturated rings. The number of rotatable bonds is 4. The third-order valence-electron chi connectivity index (χ3n) is 4.38. The van der Waals surface area contributed by atoms with Crippen molar-refractivity contribution in [1.29, 1.82) is 0 Å². The minimum Gasteiger partial charge on any atom is -0.383 e. The molecule has 0 unspecified atom stereocenters. The van der Waals surface area contributed by atoms with Crippen molar-refractivity contribution in [2.24, 2.45) is 0 Å². The van der Waals surface area contributed by atoms with Crippen LogP contribution in [0.1, 0.15) is 6.92 Å². The van der Waals surface area contributed by atoms with Crippen LogP contribution in [0.15, 0.2) is 48.7 Å². The zero-order valence-corrected chi connectivity index (χ0v) is 16.7. The van der Waals surface area contributed by atoms with Crippen molar-refractivity contribution in [2.75, 3.05) is 11.1 Å². The third-order valence-corrected chi connectivity index (χ3v) is 4.74. The molecule has 0 radical (unpaired) electrons. The van der Waals surface area contributed by atoms with Gasteiger partial charge in [0.05, 0.1) is 5.56 Å². The Hall–Kier alpha value is -3.92. The van der Waals surface area contributed by atoms with E-state index >= 15 is 0 Å². The van der Waals surface area contributed by atoms with E-state index in [-0.39, 0.29) is 28.8 Å². The first-order valence-corrected chi connectivity index (χ1v) is 9.29. The molecule has 31 heavy (non-hydrogen) atoms. The number of nitrogens with zero attached hydrogens (tertiary/aromatic N) is 5. The van der Waals surface area contributed by atoms with Crippen LogP contribution in [0.5, 0.6) is 0 Å². The van der Waals surface area contributed by atoms with Crippen molar-refractivity contribution in [2.45, 2.75) is 6.92 Å². The lowest BCUT2D eigenvalue weighted by molar-refractivity contribution is -0.114. The maximum Gasteiger partial charge on any atom is 0.221 e. The van der Waals surface area contributed by atoms with Crippen LogP contribution in [-0.2, 0) is 4.79 Å². The number of amides is 1. The van der Waals surface area contributed by atoms with Gasteiger partial charge in [-0.1, -0.05) is 23.7 Å². The van der Waals surface area contributed by atoms with Crippen molar-refractivity contribution in [3.05, 3.63) is 65.3 Å². The summed E-state index contributed by atoms with van der Waals surface area (Å²) in [5, 5.41) is 13.4. The van der Waals surface area contributed by atoms with Crippen LogP contribution >= 0.6 is 11.6 Å². The third kappa shape index (κ3) is 3.92. The molecule has 2 aromatic carbocycles. The Kier molecular flexibility index (Phi) is 5.30. The van der Waals surface area contributed by atoms with E-state index in [0.29, 0.717) is 11.3 Å². The van der Waals surface area contributed by atoms with Crippen LogP contribution < -0.4 is 11.1 Å². The number of hydrogen-bond acceptors (Lipinski definition) is 6. The number of carbonyl (C=O) groups is 1. The summed E-state index contributed by atoms with van der Waals surface area (Å²) in [4.78, 5) is 15.5. The number of tetrazole rings is 1. The van der Waals surface area contributed by atoms with Crippen LogP contribution in [0.2, 0.25) is 5.02 Å². The van der Waals surface area contributed by atoms with Crippen LogP contribution in [-0.4, -0.2) is 31.1 Å². The highest BCUT2D eigenvalue weighted by molar-refractivity contribution is 6.32. The van der Waals surface area contributed by atoms with Gasteiger partial charge in [-0.25, -0.2) is 13.8 Å². The maximum atomic E-state index is 14.4. The molecule has 3 N–H and O–H groups in total. The first-order chi connectivity index (χ1) is 14.8. The Morgan fingerprint density at radius 1 is 1.13 bits per heavy atom. The lowest BCUT2D eigenvalue weighted by Crippen LogP contribution is -2.07. The fourth-order valence-electron chi connectivity index (χ4n) is 3.01. The van der Waals surface area contributed by atoms with Gasteiger partial charge in [-0.3, -0.25) is 4.79 Å². The summed E-state index contributed by atoms with van der Waals surface area (Å²) in [7, 11) is 0. The Morgan fingerprint density at radius 3 is 2.68 bits per heavy atom. The molecule has 2 aromatic heterocycles. The SMILES string of the molecule is CC(=O)Nc1cccc(-c2cnc(N)c(-c3nnnn3-c3c(F)ccc(F)c3Cl)c2)c1. The van der Waals surface area contributed by atoms with E-state index in [2.05, 4.69) is 25.8 Å². The monoisotopic (exact) mass is 441 g/mol. The molecule has 156 valence electrons. The first-order valence-electron chi connectivity index (χ1n) is 8.91. The van der Waals surface area contributed by atoms with Crippen LogP contribution in [0, 0.1) is 11.6 Å². The van der Waals surface area contributed by atoms with E-state index in [0.717, 1.165) is 22.4 Å². The molecule has 11 heteroatoms. The normalized spacial score (nSPS) is 10.8. The predicted molar refractivity (Wildman–Crippen MR) is 111 cm³/mol. The van der Waals surface area contributed by atoms with E-state index < -0.39 is 16.7 Å². The Labute approximate surface area is 179 Å². The molecule has 2 heterocycles. The molecule has 4 rings (SSSR count). The number of nitrogens with one attached hydrogen (secondary N) is 1. The molecule has 0 atom stereocenters. The van der Waals surface area contributed by atoms with Gasteiger partial charge in [0.2, 0.25) is 5.91 Å². The van der Waals surface area contributed by atoms with E-state index in [1.165, 1.54) is 13.1 Å². The van der Waals surface area contributed by atoms with E-state index in [9.17, 15) is 13.6 Å². The summed E-state index contributed by atoms with van der Waals surface area (Å²) in [6, 6.07) is 10.6. The zero-order valence-electron chi connectivity index (χ0n) is 16.0. The second-order valence-electron chi connectivity index (χ2n) is 6.52. The number of anilines is 2. The highest BCUT2D eigenvalue weighted by Crippen LogP contribution is 2.33. The topological polar surface area (TPSA) is 112 Å². The standard InChI is InChI=1S/C20H14ClF2N7O/c1-10(31)26-13-4-2-3-11(7-13)12-8-14(19(24)25-9-12)20-27-28-29-30(20)18-16(23)6-5-15(22)17(18)21/h2-9H,1H3,(H2,24,25)(H,26,31). The number of benzene rings is 2. The van der Waals surface area contributed by atoms with Crippen molar-refractivity contribution in [3.63, 3.8) is 0 Å². The van der Waals surface area contributed by atoms with Gasteiger partial charge in [-0.05, 0) is 46.3 Å². The first kappa shape index (κ1) is 20.4. The van der Waals surface area contributed by atoms with Crippen LogP contribution in [0.3, 0.4) is 0 Å². The summed E-state index contributed by atoms with van der Waals surface area (Å²) < 4.78 is 29.3. The largest absolute Gasteiger partial charge is 0.383 e. The summed E-state index contributed by atoms with van der Waals surface area (Å²) in [6.07, 6.45) is 1.54. The number of nitrogen functional groups attached to an aromatic ring is 1. The van der Waals surface area contributed by atoms with Crippen LogP contribution in [0.4, 0.5) is 20.3 Å². The Balaban J connectivity index is 1.83. The van der Waals surface area contributed by atoms with Crippen molar-refractivity contribution in [1.82, 2.24) is 25.2 Å². The maximum absolute atomic E-state index is 14.4. The molecule has 0 saturated heterocycles. The van der Waals surface area contributed by atoms with Gasteiger partial charge in [-0.15, -0.1) is 5.10 Å². The number of nitrogens with two attached hydrogens (primary N) is 1. The molecule has 4 aromatic rings. The highest BCUT2D eigenvalue weighted by atomic mass is 35.5. The van der Waals surface area contributed by atoms with E-state index in [4.69, 9.17) is 17.3 Å². The Morgan fingerprint density at radius 2 is 1.90 bits per heavy atom. The average molecular weight is 442 g/mol. The average Bonchev–Trinajstić information content (AvgIpc) is 3.20. The van der Waals surface area contributed by atoms with Gasteiger partial charge in [0.15, 0.2) is 11.6 Å². The van der Waals surface area contributed by atoms with Gasteiger partial charge in [0.1, 0.15) is 22.3 Å². The van der Waals surface area contributed by atoms with Gasteiger partial charge >= 0.3 is 0 Å². The van der Waals surface area contributed by atoms with Gasteiger partial charge in [-0.2, -0.15) is 4.68 Å². The van der Waals surface area contributed by atoms with Gasteiger partial charge < -0.3 is 11.1 Å². The van der Waals surface area contributed by atoms with Crippen molar-refractivity contribution < 1.29 is 13.6 Å². The van der Waals surface area contributed by atoms with Gasteiger partial charge in [0, 0.05) is 24.4 Å². The molecular formula is C20H14ClF2N7O. The molecule has 0 saturated carbocycles. The molecule has 8 nitrogen and oxygen atoms in total. The quantitative estimate of drug-likeness (QED) is 0.465. The molecule has 0 aliphatic heterocycles. The van der Waals surface area contributed by atoms with Gasteiger partial charge in [0.25, 0.3) is 0 Å². The molecule has 0 bridgehead atoms. The minimum absolute atomic E-state index is 0.0243. The molecule has 0 aliphatic rings. The summed E-state index contributed by atoms with van der Waals surface area (Å²) in [5.41, 5.74) is 7.93. The minimum atomic E-state index is -0.825. The van der Waals surface area contributed by atoms with Crippen molar-refractivity contribution >= 4 is 29.0 Å². The highest BCUT2D eigenvalue weighted by Gasteiger charge is 2.22. The lowest BCUT2D eigenvalue weighted by Gasteiger charge is -2.11. The van der Waals surface area contributed by atoms with E-state index in [1.54, 1.807) is 24.3 Å². The zero-order chi connectivity index (χ0) is 22.1. The number of carbonyl (C=O) groups excluding carboxylic acids is 1. The lowest BCUT2D eigenvalue weighted by atomic mass is 10.0. The number of pyridine rings is 1. The molecule has 0 aliphatic carbocycles. The fourth-order valence-corrected chi connectivity index (χ4v) is 3.24. The second-order valence-corrected chi connectivity index (χ2v) is 6.90. The fraction of sp³-hybridized carbons (Fsp3) is 0.0500. The summed E-state index contributed by atoms with van der Waals surface area (Å²) in [5.74, 6) is -1.75. The molecule has 0 spiro atoms. The van der Waals surface area contributed by atoms with Crippen LogP contribution in [0.25, 0.3) is 28.2 Å². The number of halogens is 3. The van der Waals surface area contributed by atoms with E-state index in [1.807, 2.05) is 6.07 Å².